The van der Waals surface area contributed by atoms with Crippen molar-refractivity contribution in [3.8, 4) is 5.75 Å². The third-order valence-electron chi connectivity index (χ3n) is 6.63. The first-order chi connectivity index (χ1) is 12.6. The zero-order valence-electron chi connectivity index (χ0n) is 16.8. The highest BCUT2D eigenvalue weighted by Crippen LogP contribution is 2.28. The summed E-state index contributed by atoms with van der Waals surface area (Å²) in [7, 11) is 1.74. The molecule has 1 aromatic rings. The Kier molecular flexibility index (Phi) is 6.96. The predicted molar refractivity (Wildman–Crippen MR) is 107 cm³/mol. The normalized spacial score (nSPS) is 23.3. The van der Waals surface area contributed by atoms with Crippen LogP contribution >= 0.6 is 0 Å². The molecule has 2 fully saturated rings. The van der Waals surface area contributed by atoms with Crippen LogP contribution in [0.5, 0.6) is 5.75 Å². The number of nitrogens with zero attached hydrogens (tertiary/aromatic N) is 2. The van der Waals surface area contributed by atoms with Crippen molar-refractivity contribution in [2.24, 2.45) is 0 Å². The fraction of sp³-hybridized carbons (Fsp3) is 0.727. The van der Waals surface area contributed by atoms with E-state index in [4.69, 9.17) is 4.74 Å². The molecule has 1 aliphatic carbocycles. The SMILES string of the molecule is COc1ccc(CN2CCN(C3CCCCC3)C[C@H]2CCO)c(C)c1C. The summed E-state index contributed by atoms with van der Waals surface area (Å²) in [6.07, 6.45) is 7.79. The molecule has 0 amide bonds. The van der Waals surface area contributed by atoms with Gasteiger partial charge in [0.15, 0.2) is 0 Å². The number of hydrogen-bond acceptors (Lipinski definition) is 4. The van der Waals surface area contributed by atoms with Gasteiger partial charge >= 0.3 is 0 Å². The van der Waals surface area contributed by atoms with Crippen LogP contribution in [-0.2, 0) is 6.54 Å². The number of aliphatic hydroxyl groups is 1. The van der Waals surface area contributed by atoms with Crippen LogP contribution < -0.4 is 4.74 Å². The molecule has 2 aliphatic rings. The van der Waals surface area contributed by atoms with Crippen molar-refractivity contribution in [1.82, 2.24) is 9.80 Å². The van der Waals surface area contributed by atoms with E-state index in [9.17, 15) is 5.11 Å². The van der Waals surface area contributed by atoms with Gasteiger partial charge < -0.3 is 9.84 Å². The van der Waals surface area contributed by atoms with Gasteiger partial charge in [-0.15, -0.1) is 0 Å². The Morgan fingerprint density at radius 1 is 1.08 bits per heavy atom. The second-order valence-corrected chi connectivity index (χ2v) is 8.10. The summed E-state index contributed by atoms with van der Waals surface area (Å²) in [6, 6.07) is 5.54. The molecule has 4 heteroatoms. The van der Waals surface area contributed by atoms with E-state index in [1.165, 1.54) is 55.3 Å². The average molecular weight is 361 g/mol. The second kappa shape index (κ2) is 9.20. The third-order valence-corrected chi connectivity index (χ3v) is 6.63. The first-order valence-electron chi connectivity index (χ1n) is 10.4. The summed E-state index contributed by atoms with van der Waals surface area (Å²) in [5.74, 6) is 0.972. The van der Waals surface area contributed by atoms with E-state index < -0.39 is 0 Å². The van der Waals surface area contributed by atoms with Gasteiger partial charge in [0.2, 0.25) is 0 Å². The zero-order valence-corrected chi connectivity index (χ0v) is 16.8. The van der Waals surface area contributed by atoms with Crippen LogP contribution in [0.25, 0.3) is 0 Å². The van der Waals surface area contributed by atoms with Gasteiger partial charge in [-0.1, -0.05) is 25.3 Å². The average Bonchev–Trinajstić information content (AvgIpc) is 2.68. The van der Waals surface area contributed by atoms with Gasteiger partial charge in [-0.05, 0) is 55.9 Å². The van der Waals surface area contributed by atoms with Crippen molar-refractivity contribution in [1.29, 1.82) is 0 Å². The summed E-state index contributed by atoms with van der Waals surface area (Å²) >= 11 is 0. The molecule has 3 rings (SSSR count). The Balaban J connectivity index is 1.68. The summed E-state index contributed by atoms with van der Waals surface area (Å²) in [5.41, 5.74) is 3.96. The minimum atomic E-state index is 0.278. The summed E-state index contributed by atoms with van der Waals surface area (Å²) in [5, 5.41) is 9.60. The van der Waals surface area contributed by atoms with Crippen LogP contribution in [0.1, 0.15) is 55.2 Å². The van der Waals surface area contributed by atoms with E-state index in [2.05, 4.69) is 35.8 Å². The standard InChI is InChI=1S/C22H36N2O2/c1-17-18(2)22(26-3)10-9-19(17)15-23-12-13-24(16-21(23)11-14-25)20-7-5-4-6-8-20/h9-10,20-21,25H,4-8,11-16H2,1-3H3/t21-/m1/s1. The third kappa shape index (κ3) is 4.41. The van der Waals surface area contributed by atoms with Crippen molar-refractivity contribution >= 4 is 0 Å². The number of piperazine rings is 1. The van der Waals surface area contributed by atoms with Crippen molar-refractivity contribution in [3.05, 3.63) is 28.8 Å². The quantitative estimate of drug-likeness (QED) is 0.842. The number of methoxy groups -OCH3 is 1. The van der Waals surface area contributed by atoms with Crippen LogP contribution in [0.3, 0.4) is 0 Å². The molecule has 146 valence electrons. The van der Waals surface area contributed by atoms with Gasteiger partial charge in [-0.3, -0.25) is 9.80 Å². The molecule has 0 radical (unpaired) electrons. The van der Waals surface area contributed by atoms with Crippen LogP contribution in [0.15, 0.2) is 12.1 Å². The van der Waals surface area contributed by atoms with Crippen molar-refractivity contribution < 1.29 is 9.84 Å². The maximum atomic E-state index is 9.60. The second-order valence-electron chi connectivity index (χ2n) is 8.10. The lowest BCUT2D eigenvalue weighted by molar-refractivity contribution is 0.0221. The molecule has 1 aromatic carbocycles. The van der Waals surface area contributed by atoms with Gasteiger partial charge in [0.1, 0.15) is 5.75 Å². The van der Waals surface area contributed by atoms with E-state index in [0.29, 0.717) is 6.04 Å². The van der Waals surface area contributed by atoms with Gasteiger partial charge in [0, 0.05) is 44.9 Å². The highest BCUT2D eigenvalue weighted by Gasteiger charge is 2.31. The first kappa shape index (κ1) is 19.7. The van der Waals surface area contributed by atoms with Gasteiger partial charge in [0.25, 0.3) is 0 Å². The van der Waals surface area contributed by atoms with Crippen molar-refractivity contribution in [2.75, 3.05) is 33.4 Å². The molecule has 0 bridgehead atoms. The molecule has 26 heavy (non-hydrogen) atoms. The van der Waals surface area contributed by atoms with Crippen LogP contribution in [0.4, 0.5) is 0 Å². The van der Waals surface area contributed by atoms with Crippen molar-refractivity contribution in [3.63, 3.8) is 0 Å². The molecule has 1 N–H and O–H groups in total. The fourth-order valence-corrected chi connectivity index (χ4v) is 4.79. The van der Waals surface area contributed by atoms with Gasteiger partial charge in [-0.2, -0.15) is 0 Å². The molecular weight excluding hydrogens is 324 g/mol. The lowest BCUT2D eigenvalue weighted by atomic mass is 9.92. The Morgan fingerprint density at radius 3 is 2.54 bits per heavy atom. The fourth-order valence-electron chi connectivity index (χ4n) is 4.79. The molecule has 1 saturated carbocycles. The highest BCUT2D eigenvalue weighted by atomic mass is 16.5. The maximum absolute atomic E-state index is 9.60. The Bertz CT molecular complexity index is 584. The number of ether oxygens (including phenoxy) is 1. The number of benzene rings is 1. The van der Waals surface area contributed by atoms with Crippen LogP contribution in [0, 0.1) is 13.8 Å². The first-order valence-corrected chi connectivity index (χ1v) is 10.4. The number of rotatable bonds is 6. The maximum Gasteiger partial charge on any atom is 0.122 e. The van der Waals surface area contributed by atoms with Crippen LogP contribution in [-0.4, -0.2) is 60.3 Å². The van der Waals surface area contributed by atoms with E-state index in [0.717, 1.165) is 37.8 Å². The molecule has 0 unspecified atom stereocenters. The van der Waals surface area contributed by atoms with Crippen molar-refractivity contribution in [2.45, 2.75) is 71.0 Å². The summed E-state index contributed by atoms with van der Waals surface area (Å²) < 4.78 is 5.46. The lowest BCUT2D eigenvalue weighted by Gasteiger charge is -2.45. The molecule has 0 spiro atoms. The lowest BCUT2D eigenvalue weighted by Crippen LogP contribution is -2.56. The number of aliphatic hydroxyl groups excluding tert-OH is 1. The molecule has 1 heterocycles. The molecule has 1 saturated heterocycles. The summed E-state index contributed by atoms with van der Waals surface area (Å²) in [6.45, 7) is 8.97. The van der Waals surface area contributed by atoms with Gasteiger partial charge in [-0.25, -0.2) is 0 Å². The van der Waals surface area contributed by atoms with E-state index in [-0.39, 0.29) is 6.61 Å². The van der Waals surface area contributed by atoms with E-state index >= 15 is 0 Å². The van der Waals surface area contributed by atoms with E-state index in [1.807, 2.05) is 0 Å². The summed E-state index contributed by atoms with van der Waals surface area (Å²) in [4.78, 5) is 5.30. The van der Waals surface area contributed by atoms with E-state index in [1.54, 1.807) is 7.11 Å². The topological polar surface area (TPSA) is 35.9 Å². The minimum absolute atomic E-state index is 0.278. The largest absolute Gasteiger partial charge is 0.496 e. The smallest absolute Gasteiger partial charge is 0.122 e. The predicted octanol–water partition coefficient (Wildman–Crippen LogP) is 3.51. The van der Waals surface area contributed by atoms with Crippen LogP contribution in [0.2, 0.25) is 0 Å². The molecular formula is C22H36N2O2. The monoisotopic (exact) mass is 360 g/mol. The molecule has 0 aromatic heterocycles. The zero-order chi connectivity index (χ0) is 18.5. The van der Waals surface area contributed by atoms with Gasteiger partial charge in [0.05, 0.1) is 7.11 Å². The molecule has 1 aliphatic heterocycles. The Hall–Kier alpha value is -1.10. The molecule has 1 atom stereocenters. The number of hydrogen-bond donors (Lipinski definition) is 1. The highest BCUT2D eigenvalue weighted by molar-refractivity contribution is 5.43. The molecule has 4 nitrogen and oxygen atoms in total. The Labute approximate surface area is 159 Å². The minimum Gasteiger partial charge on any atom is -0.496 e. The Morgan fingerprint density at radius 2 is 1.85 bits per heavy atom.